The van der Waals surface area contributed by atoms with Gasteiger partial charge in [0.15, 0.2) is 0 Å². The van der Waals surface area contributed by atoms with Crippen LogP contribution in [0.2, 0.25) is 0 Å². The van der Waals surface area contributed by atoms with E-state index < -0.39 is 26.0 Å². The molecule has 2 N–H and O–H groups in total. The van der Waals surface area contributed by atoms with Gasteiger partial charge in [0, 0.05) is 13.6 Å². The number of ether oxygens (including phenoxy) is 1. The quantitative estimate of drug-likeness (QED) is 0.366. The van der Waals surface area contributed by atoms with Crippen LogP contribution in [-0.2, 0) is 29.7 Å². The van der Waals surface area contributed by atoms with Crippen LogP contribution in [0.15, 0.2) is 29.2 Å². The van der Waals surface area contributed by atoms with Gasteiger partial charge in [0.2, 0.25) is 20.0 Å². The number of hydrogen-bond acceptors (Lipinski definition) is 6. The van der Waals surface area contributed by atoms with Crippen LogP contribution in [0.3, 0.4) is 0 Å². The second kappa shape index (κ2) is 17.9. The third-order valence-corrected chi connectivity index (χ3v) is 4.97. The van der Waals surface area contributed by atoms with E-state index in [1.165, 1.54) is 41.9 Å². The molecular weight excluding hydrogens is 788 g/mol. The van der Waals surface area contributed by atoms with Crippen LogP contribution in [0, 0.1) is 0 Å². The summed E-state index contributed by atoms with van der Waals surface area (Å²) in [7, 11) is -4.09. The Bertz CT molecular complexity index is 774. The molecule has 0 heterocycles. The Labute approximate surface area is 206 Å². The molecule has 0 spiro atoms. The van der Waals surface area contributed by atoms with Crippen molar-refractivity contribution in [3.8, 4) is 0 Å². The summed E-state index contributed by atoms with van der Waals surface area (Å²) in [5, 5.41) is 4.91. The fourth-order valence-corrected chi connectivity index (χ4v) is 2.42. The molecule has 14 heteroatoms. The van der Waals surface area contributed by atoms with Gasteiger partial charge in [-0.3, -0.25) is 0 Å². The zero-order valence-corrected chi connectivity index (χ0v) is 25.9. The van der Waals surface area contributed by atoms with Crippen molar-refractivity contribution in [1.82, 2.24) is 4.31 Å². The molecule has 28 heavy (non-hydrogen) atoms. The average Bonchev–Trinajstić information content (AvgIpc) is 2.60. The average molecular weight is 814 g/mol. The van der Waals surface area contributed by atoms with Crippen LogP contribution < -0.4 is 5.14 Å². The predicted molar refractivity (Wildman–Crippen MR) is 136 cm³/mol. The number of carbonyl (C=O) groups is 1. The molecule has 1 aromatic carbocycles. The summed E-state index contributed by atoms with van der Waals surface area (Å²) < 4.78 is 48.8. The van der Waals surface area contributed by atoms with E-state index in [9.17, 15) is 21.6 Å². The summed E-state index contributed by atoms with van der Waals surface area (Å²) >= 11 is 7.39. The second-order valence-electron chi connectivity index (χ2n) is 4.40. The van der Waals surface area contributed by atoms with Crippen LogP contribution in [0.25, 0.3) is 0 Å². The van der Waals surface area contributed by atoms with Gasteiger partial charge in [0.1, 0.15) is 0 Å². The topological polar surface area (TPSA) is 124 Å². The Kier molecular flexibility index (Phi) is 21.7. The number of primary sulfonamides is 1. The van der Waals surface area contributed by atoms with E-state index >= 15 is 0 Å². The SMILES string of the molecule is CC.CCN(C)S(C)(=O)=O.COC(=O)c1ccccc1S(N)(=O)=O.[I][V]([I])[I]. The number of nitrogens with zero attached hydrogens (tertiary/aromatic N) is 1. The molecule has 0 fully saturated rings. The molecule has 0 aliphatic heterocycles. The molecule has 166 valence electrons. The third-order valence-electron chi connectivity index (χ3n) is 2.61. The van der Waals surface area contributed by atoms with Crippen LogP contribution in [0.1, 0.15) is 31.1 Å². The van der Waals surface area contributed by atoms with E-state index in [1.54, 1.807) is 14.0 Å². The normalized spacial score (nSPS) is 10.6. The van der Waals surface area contributed by atoms with Gasteiger partial charge in [-0.15, -0.1) is 0 Å². The van der Waals surface area contributed by atoms with Crippen molar-refractivity contribution in [1.29, 1.82) is 0 Å². The number of nitrogens with two attached hydrogens (primary N) is 1. The van der Waals surface area contributed by atoms with E-state index in [0.29, 0.717) is 6.54 Å². The summed E-state index contributed by atoms with van der Waals surface area (Å²) in [6.07, 6.45) is 1.19. The van der Waals surface area contributed by atoms with Crippen molar-refractivity contribution >= 4 is 86.0 Å². The first-order chi connectivity index (χ1) is 12.7. The van der Waals surface area contributed by atoms with E-state index in [4.69, 9.17) is 5.14 Å². The number of sulfonamides is 2. The molecule has 0 aliphatic carbocycles. The molecule has 0 saturated heterocycles. The number of hydrogen-bond donors (Lipinski definition) is 1. The van der Waals surface area contributed by atoms with Crippen molar-refractivity contribution in [3.05, 3.63) is 29.8 Å². The van der Waals surface area contributed by atoms with Crippen LogP contribution in [-0.4, -0.2) is 54.1 Å². The summed E-state index contributed by atoms with van der Waals surface area (Å²) in [5.74, 6) is -0.727. The summed E-state index contributed by atoms with van der Waals surface area (Å²) in [5.41, 5.74) is -0.0579. The monoisotopic (exact) mass is 814 g/mol. The van der Waals surface area contributed by atoms with E-state index in [2.05, 4.69) is 64.7 Å². The summed E-state index contributed by atoms with van der Waals surface area (Å²) in [6, 6.07) is 5.60. The van der Waals surface area contributed by atoms with Gasteiger partial charge in [-0.1, -0.05) is 32.9 Å². The molecule has 0 radical (unpaired) electrons. The van der Waals surface area contributed by atoms with Gasteiger partial charge in [-0.2, -0.15) is 0 Å². The Morgan fingerprint density at radius 1 is 1.14 bits per heavy atom. The van der Waals surface area contributed by atoms with Crippen molar-refractivity contribution in [2.24, 2.45) is 5.14 Å². The van der Waals surface area contributed by atoms with Crippen molar-refractivity contribution < 1.29 is 31.3 Å². The van der Waals surface area contributed by atoms with Crippen molar-refractivity contribution in [2.45, 2.75) is 25.7 Å². The molecule has 0 aromatic heterocycles. The van der Waals surface area contributed by atoms with Gasteiger partial charge in [0.25, 0.3) is 0 Å². The number of benzene rings is 1. The molecule has 0 amide bonds. The molecular formula is C14H26I3N2O6S2V. The van der Waals surface area contributed by atoms with Crippen LogP contribution >= 0.6 is 59.9 Å². The number of methoxy groups -OCH3 is 1. The summed E-state index contributed by atoms with van der Waals surface area (Å²) in [6.45, 7) is 6.33. The van der Waals surface area contributed by atoms with Crippen molar-refractivity contribution in [2.75, 3.05) is 27.0 Å². The molecule has 1 rings (SSSR count). The van der Waals surface area contributed by atoms with Gasteiger partial charge in [-0.05, 0) is 12.1 Å². The first kappa shape index (κ1) is 33.9. The summed E-state index contributed by atoms with van der Waals surface area (Å²) in [4.78, 5) is 10.6. The molecule has 0 atom stereocenters. The third kappa shape index (κ3) is 18.1. The fraction of sp³-hybridized carbons (Fsp3) is 0.500. The van der Waals surface area contributed by atoms with Crippen LogP contribution in [0.5, 0.6) is 0 Å². The minimum absolute atomic E-state index is 0.0579. The molecule has 0 bridgehead atoms. The standard InChI is InChI=1S/C8H9NO4S.C4H11NO2S.C2H6.3HI.V/c1-13-8(10)6-4-2-3-5-7(6)14(9,11)12;1-4-5(2)8(3,6)7;1-2;;;;/h2-5H,1H3,(H2,9,11,12);4H2,1-3H3;1-2H3;3*1H;/q;;;;;;+3/p-3. The first-order valence-corrected chi connectivity index (χ1v) is 24.5. The Balaban J connectivity index is -0.000000378. The Morgan fingerprint density at radius 3 is 1.79 bits per heavy atom. The molecule has 0 saturated carbocycles. The fourth-order valence-electron chi connectivity index (χ4n) is 1.23. The van der Waals surface area contributed by atoms with Gasteiger partial charge in [-0.25, -0.2) is 31.1 Å². The Morgan fingerprint density at radius 2 is 1.54 bits per heavy atom. The maximum absolute atomic E-state index is 11.1. The Hall–Kier alpha value is 1.28. The minimum atomic E-state index is -3.89. The molecule has 8 nitrogen and oxygen atoms in total. The number of rotatable bonds is 4. The number of halogens is 3. The van der Waals surface area contributed by atoms with E-state index in [-0.39, 0.29) is 15.4 Å². The van der Waals surface area contributed by atoms with Gasteiger partial charge in [0.05, 0.1) is 23.8 Å². The van der Waals surface area contributed by atoms with Crippen molar-refractivity contribution in [3.63, 3.8) is 0 Å². The molecule has 0 aliphatic rings. The number of esters is 1. The zero-order valence-electron chi connectivity index (χ0n) is 16.4. The predicted octanol–water partition coefficient (Wildman–Crippen LogP) is 3.70. The molecule has 1 aromatic rings. The second-order valence-corrected chi connectivity index (χ2v) is 43.4. The maximum atomic E-state index is 11.1. The van der Waals surface area contributed by atoms with E-state index in [1.807, 2.05) is 13.8 Å². The molecule has 0 unspecified atom stereocenters. The number of carbonyl (C=O) groups excluding carboxylic acids is 1. The van der Waals surface area contributed by atoms with Crippen LogP contribution in [0.4, 0.5) is 0 Å². The van der Waals surface area contributed by atoms with E-state index in [0.717, 1.165) is 0 Å². The van der Waals surface area contributed by atoms with Gasteiger partial charge < -0.3 is 4.74 Å². The first-order valence-electron chi connectivity index (χ1n) is 7.57. The van der Waals surface area contributed by atoms with Gasteiger partial charge >= 0.3 is 70.8 Å². The zero-order chi connectivity index (χ0) is 23.1.